The molecule has 0 heterocycles. The molecule has 0 aliphatic heterocycles. The number of hydrogen-bond donors (Lipinski definition) is 3. The molecule has 0 aromatic heterocycles. The number of halogens is 3. The van der Waals surface area contributed by atoms with Crippen LogP contribution >= 0.6 is 23.2 Å². The highest BCUT2D eigenvalue weighted by Gasteiger charge is 2.15. The van der Waals surface area contributed by atoms with Crippen molar-refractivity contribution in [3.63, 3.8) is 0 Å². The zero-order chi connectivity index (χ0) is 15.3. The summed E-state index contributed by atoms with van der Waals surface area (Å²) < 4.78 is 13.2. The summed E-state index contributed by atoms with van der Waals surface area (Å²) in [7, 11) is 0. The Kier molecular flexibility index (Phi) is 5.72. The van der Waals surface area contributed by atoms with Crippen molar-refractivity contribution >= 4 is 41.0 Å². The van der Waals surface area contributed by atoms with Crippen LogP contribution in [0.3, 0.4) is 0 Å². The number of carbonyl (C=O) groups excluding carboxylic acids is 2. The van der Waals surface area contributed by atoms with Crippen molar-refractivity contribution in [3.05, 3.63) is 33.6 Å². The van der Waals surface area contributed by atoms with Crippen LogP contribution in [0.15, 0.2) is 12.1 Å². The standard InChI is InChI=1S/C11H9Cl2FN2O4/c12-6-2-7(13)8(14)1-5(6)11(20)16-3-9(17)15-4-10(18)19/h1-2H,3-4H2,(H,15,17)(H,16,20)(H,18,19). The third-order valence-electron chi connectivity index (χ3n) is 2.10. The van der Waals surface area contributed by atoms with Gasteiger partial charge in [0.05, 0.1) is 22.2 Å². The van der Waals surface area contributed by atoms with E-state index in [0.29, 0.717) is 0 Å². The zero-order valence-corrected chi connectivity index (χ0v) is 11.4. The van der Waals surface area contributed by atoms with Gasteiger partial charge < -0.3 is 15.7 Å². The Morgan fingerprint density at radius 1 is 1.10 bits per heavy atom. The molecular formula is C11H9Cl2FN2O4. The highest BCUT2D eigenvalue weighted by atomic mass is 35.5. The van der Waals surface area contributed by atoms with Crippen LogP contribution in [0.4, 0.5) is 4.39 Å². The van der Waals surface area contributed by atoms with Crippen molar-refractivity contribution in [1.82, 2.24) is 10.6 Å². The highest BCUT2D eigenvalue weighted by molar-refractivity contribution is 6.36. The zero-order valence-electron chi connectivity index (χ0n) is 9.87. The quantitative estimate of drug-likeness (QED) is 0.706. The molecule has 1 rings (SSSR count). The number of carboxylic acid groups (broad SMARTS) is 1. The molecule has 0 radical (unpaired) electrons. The summed E-state index contributed by atoms with van der Waals surface area (Å²) in [5, 5.41) is 12.3. The first kappa shape index (κ1) is 16.2. The fourth-order valence-corrected chi connectivity index (χ4v) is 1.66. The number of carboxylic acids is 1. The number of aliphatic carboxylic acids is 1. The summed E-state index contributed by atoms with van der Waals surface area (Å²) in [4.78, 5) is 33.0. The molecule has 0 saturated carbocycles. The normalized spacial score (nSPS) is 9.95. The second-order valence-electron chi connectivity index (χ2n) is 3.60. The van der Waals surface area contributed by atoms with E-state index in [1.54, 1.807) is 0 Å². The van der Waals surface area contributed by atoms with Crippen LogP contribution < -0.4 is 10.6 Å². The summed E-state index contributed by atoms with van der Waals surface area (Å²) in [6.45, 7) is -1.03. The number of amides is 2. The first-order chi connectivity index (χ1) is 9.31. The second-order valence-corrected chi connectivity index (χ2v) is 4.41. The minimum absolute atomic E-state index is 0.0696. The van der Waals surface area contributed by atoms with E-state index in [4.69, 9.17) is 28.3 Å². The topological polar surface area (TPSA) is 95.5 Å². The van der Waals surface area contributed by atoms with E-state index in [1.165, 1.54) is 0 Å². The van der Waals surface area contributed by atoms with E-state index in [2.05, 4.69) is 5.32 Å². The molecular weight excluding hydrogens is 314 g/mol. The number of nitrogens with one attached hydrogen (secondary N) is 2. The minimum Gasteiger partial charge on any atom is -0.480 e. The molecule has 1 aromatic rings. The lowest BCUT2D eigenvalue weighted by Crippen LogP contribution is -2.39. The predicted octanol–water partition coefficient (Wildman–Crippen LogP) is 1.06. The average Bonchev–Trinajstić information content (AvgIpc) is 2.37. The van der Waals surface area contributed by atoms with Gasteiger partial charge in [0.25, 0.3) is 5.91 Å². The lowest BCUT2D eigenvalue weighted by molar-refractivity contribution is -0.137. The van der Waals surface area contributed by atoms with Crippen LogP contribution in [0.2, 0.25) is 10.0 Å². The molecule has 1 aromatic carbocycles. The molecule has 2 amide bonds. The number of rotatable bonds is 5. The van der Waals surface area contributed by atoms with E-state index in [-0.39, 0.29) is 15.6 Å². The molecule has 20 heavy (non-hydrogen) atoms. The van der Waals surface area contributed by atoms with Crippen molar-refractivity contribution in [2.75, 3.05) is 13.1 Å². The molecule has 0 spiro atoms. The molecule has 0 fully saturated rings. The van der Waals surface area contributed by atoms with Gasteiger partial charge in [0, 0.05) is 0 Å². The first-order valence-electron chi connectivity index (χ1n) is 5.22. The van der Waals surface area contributed by atoms with Gasteiger partial charge in [0.1, 0.15) is 12.4 Å². The van der Waals surface area contributed by atoms with E-state index >= 15 is 0 Å². The Morgan fingerprint density at radius 2 is 1.75 bits per heavy atom. The van der Waals surface area contributed by atoms with Gasteiger partial charge in [-0.2, -0.15) is 0 Å². The Balaban J connectivity index is 2.61. The van der Waals surface area contributed by atoms with Crippen molar-refractivity contribution in [2.24, 2.45) is 0 Å². The van der Waals surface area contributed by atoms with E-state index in [0.717, 1.165) is 12.1 Å². The van der Waals surface area contributed by atoms with Crippen LogP contribution in [0.1, 0.15) is 10.4 Å². The van der Waals surface area contributed by atoms with Crippen molar-refractivity contribution in [3.8, 4) is 0 Å². The molecule has 0 unspecified atom stereocenters. The van der Waals surface area contributed by atoms with Crippen LogP contribution in [0, 0.1) is 5.82 Å². The van der Waals surface area contributed by atoms with Gasteiger partial charge in [-0.15, -0.1) is 0 Å². The molecule has 6 nitrogen and oxygen atoms in total. The Labute approximate surface area is 122 Å². The van der Waals surface area contributed by atoms with Gasteiger partial charge >= 0.3 is 5.97 Å². The van der Waals surface area contributed by atoms with E-state index in [1.807, 2.05) is 5.32 Å². The number of hydrogen-bond acceptors (Lipinski definition) is 3. The lowest BCUT2D eigenvalue weighted by Gasteiger charge is -2.07. The molecule has 0 aliphatic rings. The van der Waals surface area contributed by atoms with Gasteiger partial charge in [-0.05, 0) is 12.1 Å². The molecule has 0 bridgehead atoms. The second kappa shape index (κ2) is 7.06. The van der Waals surface area contributed by atoms with Gasteiger partial charge in [-0.3, -0.25) is 14.4 Å². The van der Waals surface area contributed by atoms with Crippen LogP contribution in [-0.2, 0) is 9.59 Å². The highest BCUT2D eigenvalue weighted by Crippen LogP contribution is 2.24. The summed E-state index contributed by atoms with van der Waals surface area (Å²) >= 11 is 11.2. The maximum absolute atomic E-state index is 13.2. The summed E-state index contributed by atoms with van der Waals surface area (Å²) in [5.74, 6) is -3.52. The molecule has 3 N–H and O–H groups in total. The Hall–Kier alpha value is -1.86. The monoisotopic (exact) mass is 322 g/mol. The summed E-state index contributed by atoms with van der Waals surface area (Å²) in [5.41, 5.74) is -0.181. The Bertz CT molecular complexity index is 566. The van der Waals surface area contributed by atoms with Crippen molar-refractivity contribution < 1.29 is 23.9 Å². The molecule has 9 heteroatoms. The number of carbonyl (C=O) groups is 3. The summed E-state index contributed by atoms with van der Waals surface area (Å²) in [6.07, 6.45) is 0. The molecule has 108 valence electrons. The molecule has 0 aliphatic carbocycles. The predicted molar refractivity (Wildman–Crippen MR) is 69.4 cm³/mol. The maximum Gasteiger partial charge on any atom is 0.322 e. The third kappa shape index (κ3) is 4.67. The lowest BCUT2D eigenvalue weighted by atomic mass is 10.2. The van der Waals surface area contributed by atoms with Crippen molar-refractivity contribution in [2.45, 2.75) is 0 Å². The molecule has 0 atom stereocenters. The van der Waals surface area contributed by atoms with Crippen LogP contribution in [0.5, 0.6) is 0 Å². The average molecular weight is 323 g/mol. The fourth-order valence-electron chi connectivity index (χ4n) is 1.19. The number of benzene rings is 1. The maximum atomic E-state index is 13.2. The van der Waals surface area contributed by atoms with E-state index in [9.17, 15) is 18.8 Å². The van der Waals surface area contributed by atoms with E-state index < -0.39 is 36.7 Å². The fraction of sp³-hybridized carbons (Fsp3) is 0.182. The van der Waals surface area contributed by atoms with Gasteiger partial charge in [-0.25, -0.2) is 4.39 Å². The van der Waals surface area contributed by atoms with Crippen LogP contribution in [-0.4, -0.2) is 36.0 Å². The first-order valence-corrected chi connectivity index (χ1v) is 5.98. The molecule has 0 saturated heterocycles. The Morgan fingerprint density at radius 3 is 2.35 bits per heavy atom. The smallest absolute Gasteiger partial charge is 0.322 e. The third-order valence-corrected chi connectivity index (χ3v) is 2.70. The summed E-state index contributed by atoms with van der Waals surface area (Å²) in [6, 6.07) is 1.91. The minimum atomic E-state index is -1.22. The largest absolute Gasteiger partial charge is 0.480 e. The van der Waals surface area contributed by atoms with Crippen molar-refractivity contribution in [1.29, 1.82) is 0 Å². The van der Waals surface area contributed by atoms with Gasteiger partial charge in [0.2, 0.25) is 5.91 Å². The van der Waals surface area contributed by atoms with Crippen LogP contribution in [0.25, 0.3) is 0 Å². The van der Waals surface area contributed by atoms with Gasteiger partial charge in [0.15, 0.2) is 0 Å². The van der Waals surface area contributed by atoms with Gasteiger partial charge in [-0.1, -0.05) is 23.2 Å². The SMILES string of the molecule is O=C(O)CNC(=O)CNC(=O)c1cc(F)c(Cl)cc1Cl.